The molecule has 1 aromatic carbocycles. The number of benzene rings is 1. The Bertz CT molecular complexity index is 721. The van der Waals surface area contributed by atoms with Gasteiger partial charge in [0.25, 0.3) is 0 Å². The quantitative estimate of drug-likeness (QED) is 0.826. The summed E-state index contributed by atoms with van der Waals surface area (Å²) in [5.41, 5.74) is 5.88. The highest BCUT2D eigenvalue weighted by molar-refractivity contribution is 7.89. The van der Waals surface area contributed by atoms with Crippen LogP contribution >= 0.6 is 24.0 Å². The van der Waals surface area contributed by atoms with E-state index in [-0.39, 0.29) is 53.3 Å². The van der Waals surface area contributed by atoms with E-state index in [1.807, 2.05) is 0 Å². The van der Waals surface area contributed by atoms with Crippen LogP contribution in [0.25, 0.3) is 0 Å². The number of nitrogens with two attached hydrogens (primary N) is 1. The standard InChI is InChI=1S/C16H22ClN3O3S.ClH/c17-14-3-1-2-4-15(14)24(22,23)20-9-7-19(8-10-20)16(21)12-5-6-13(18)11-12;/h1-4,12-13H,5-11,18H2;1H. The summed E-state index contributed by atoms with van der Waals surface area (Å²) in [5, 5.41) is 0.218. The molecular weight excluding hydrogens is 385 g/mol. The van der Waals surface area contributed by atoms with Gasteiger partial charge >= 0.3 is 0 Å². The van der Waals surface area contributed by atoms with Crippen molar-refractivity contribution in [2.24, 2.45) is 11.7 Å². The second-order valence-electron chi connectivity index (χ2n) is 6.43. The van der Waals surface area contributed by atoms with Gasteiger partial charge in [-0.15, -0.1) is 12.4 Å². The van der Waals surface area contributed by atoms with Crippen LogP contribution in [0.1, 0.15) is 19.3 Å². The number of carbonyl (C=O) groups excluding carboxylic acids is 1. The second-order valence-corrected chi connectivity index (χ2v) is 8.74. The van der Waals surface area contributed by atoms with E-state index in [9.17, 15) is 13.2 Å². The topological polar surface area (TPSA) is 83.7 Å². The fourth-order valence-corrected chi connectivity index (χ4v) is 5.36. The smallest absolute Gasteiger partial charge is 0.244 e. The Kier molecular flexibility index (Phi) is 6.73. The summed E-state index contributed by atoms with van der Waals surface area (Å²) in [6.45, 7) is 1.40. The van der Waals surface area contributed by atoms with Gasteiger partial charge in [0.2, 0.25) is 15.9 Å². The summed E-state index contributed by atoms with van der Waals surface area (Å²) in [6.07, 6.45) is 2.45. The lowest BCUT2D eigenvalue weighted by Crippen LogP contribution is -2.51. The van der Waals surface area contributed by atoms with Crippen LogP contribution in [0.15, 0.2) is 29.2 Å². The van der Waals surface area contributed by atoms with Crippen LogP contribution in [-0.4, -0.2) is 55.8 Å². The lowest BCUT2D eigenvalue weighted by Gasteiger charge is -2.35. The molecule has 2 fully saturated rings. The molecule has 6 nitrogen and oxygen atoms in total. The van der Waals surface area contributed by atoms with E-state index in [4.69, 9.17) is 17.3 Å². The Morgan fingerprint density at radius 2 is 1.76 bits per heavy atom. The monoisotopic (exact) mass is 407 g/mol. The maximum absolute atomic E-state index is 12.7. The number of hydrogen-bond donors (Lipinski definition) is 1. The number of nitrogens with zero attached hydrogens (tertiary/aromatic N) is 2. The maximum Gasteiger partial charge on any atom is 0.244 e. The van der Waals surface area contributed by atoms with Gasteiger partial charge in [-0.1, -0.05) is 23.7 Å². The minimum absolute atomic E-state index is 0. The van der Waals surface area contributed by atoms with Crippen LogP contribution in [0.5, 0.6) is 0 Å². The van der Waals surface area contributed by atoms with Crippen LogP contribution in [0.3, 0.4) is 0 Å². The fourth-order valence-electron chi connectivity index (χ4n) is 3.44. The first-order valence-electron chi connectivity index (χ1n) is 8.18. The SMILES string of the molecule is Cl.NC1CCC(C(=O)N2CCN(S(=O)(=O)c3ccccc3Cl)CC2)C1. The van der Waals surface area contributed by atoms with Gasteiger partial charge in [-0.05, 0) is 31.4 Å². The molecule has 2 unspecified atom stereocenters. The summed E-state index contributed by atoms with van der Waals surface area (Å²) in [6, 6.07) is 6.54. The predicted octanol–water partition coefficient (Wildman–Crippen LogP) is 1.72. The Balaban J connectivity index is 0.00000225. The third-order valence-corrected chi connectivity index (χ3v) is 7.23. The summed E-state index contributed by atoms with van der Waals surface area (Å²) in [5.74, 6) is 0.101. The molecule has 0 spiro atoms. The average molecular weight is 408 g/mol. The van der Waals surface area contributed by atoms with Crippen molar-refractivity contribution in [2.75, 3.05) is 26.2 Å². The minimum atomic E-state index is -3.63. The van der Waals surface area contributed by atoms with Crippen molar-refractivity contribution in [1.82, 2.24) is 9.21 Å². The van der Waals surface area contributed by atoms with E-state index >= 15 is 0 Å². The van der Waals surface area contributed by atoms with Crippen molar-refractivity contribution in [3.8, 4) is 0 Å². The predicted molar refractivity (Wildman–Crippen MR) is 99.4 cm³/mol. The zero-order valence-electron chi connectivity index (χ0n) is 13.8. The summed E-state index contributed by atoms with van der Waals surface area (Å²) < 4.78 is 26.8. The van der Waals surface area contributed by atoms with Crippen molar-refractivity contribution in [1.29, 1.82) is 0 Å². The third-order valence-electron chi connectivity index (χ3n) is 4.83. The first-order chi connectivity index (χ1) is 11.4. The number of amides is 1. The van der Waals surface area contributed by atoms with Gasteiger partial charge in [0.15, 0.2) is 0 Å². The van der Waals surface area contributed by atoms with Gasteiger partial charge in [0.1, 0.15) is 4.90 Å². The lowest BCUT2D eigenvalue weighted by atomic mass is 10.1. The summed E-state index contributed by atoms with van der Waals surface area (Å²) >= 11 is 6.02. The fraction of sp³-hybridized carbons (Fsp3) is 0.562. The lowest BCUT2D eigenvalue weighted by molar-refractivity contribution is -0.136. The maximum atomic E-state index is 12.7. The molecule has 0 aromatic heterocycles. The van der Waals surface area contributed by atoms with Crippen LogP contribution in [0.4, 0.5) is 0 Å². The molecule has 1 heterocycles. The Morgan fingerprint density at radius 1 is 1.12 bits per heavy atom. The van der Waals surface area contributed by atoms with Crippen LogP contribution < -0.4 is 5.73 Å². The molecule has 1 saturated carbocycles. The van der Waals surface area contributed by atoms with Gasteiger partial charge in [-0.3, -0.25) is 4.79 Å². The van der Waals surface area contributed by atoms with Crippen molar-refractivity contribution in [3.63, 3.8) is 0 Å². The molecule has 1 saturated heterocycles. The summed E-state index contributed by atoms with van der Waals surface area (Å²) in [7, 11) is -3.63. The molecule has 1 aliphatic heterocycles. The Labute approximate surface area is 159 Å². The van der Waals surface area contributed by atoms with E-state index in [0.717, 1.165) is 19.3 Å². The number of carbonyl (C=O) groups is 1. The molecule has 2 atom stereocenters. The van der Waals surface area contributed by atoms with Crippen LogP contribution in [-0.2, 0) is 14.8 Å². The molecule has 1 aromatic rings. The van der Waals surface area contributed by atoms with E-state index < -0.39 is 10.0 Å². The number of sulfonamides is 1. The van der Waals surface area contributed by atoms with Gasteiger partial charge < -0.3 is 10.6 Å². The average Bonchev–Trinajstić information content (AvgIpc) is 3.01. The van der Waals surface area contributed by atoms with Crippen molar-refractivity contribution in [2.45, 2.75) is 30.2 Å². The van der Waals surface area contributed by atoms with Crippen molar-refractivity contribution in [3.05, 3.63) is 29.3 Å². The number of halogens is 2. The molecule has 0 radical (unpaired) electrons. The first-order valence-corrected chi connectivity index (χ1v) is 10.0. The first kappa shape index (κ1) is 20.5. The molecule has 25 heavy (non-hydrogen) atoms. The van der Waals surface area contributed by atoms with Gasteiger partial charge in [0.05, 0.1) is 5.02 Å². The minimum Gasteiger partial charge on any atom is -0.340 e. The molecule has 2 N–H and O–H groups in total. The van der Waals surface area contributed by atoms with Crippen molar-refractivity contribution >= 4 is 39.9 Å². The number of rotatable bonds is 3. The molecule has 2 aliphatic rings. The van der Waals surface area contributed by atoms with E-state index in [1.54, 1.807) is 23.1 Å². The van der Waals surface area contributed by atoms with E-state index in [0.29, 0.717) is 13.1 Å². The zero-order chi connectivity index (χ0) is 17.3. The molecular formula is C16H23Cl2N3O3S. The third kappa shape index (κ3) is 4.28. The van der Waals surface area contributed by atoms with Crippen LogP contribution in [0, 0.1) is 5.92 Å². The van der Waals surface area contributed by atoms with E-state index in [2.05, 4.69) is 0 Å². The molecule has 1 aliphatic carbocycles. The van der Waals surface area contributed by atoms with Crippen LogP contribution in [0.2, 0.25) is 5.02 Å². The molecule has 0 bridgehead atoms. The molecule has 3 rings (SSSR count). The highest BCUT2D eigenvalue weighted by Crippen LogP contribution is 2.28. The molecule has 140 valence electrons. The number of hydrogen-bond acceptors (Lipinski definition) is 4. The van der Waals surface area contributed by atoms with E-state index in [1.165, 1.54) is 10.4 Å². The largest absolute Gasteiger partial charge is 0.340 e. The van der Waals surface area contributed by atoms with Gasteiger partial charge in [0, 0.05) is 38.1 Å². The molecule has 1 amide bonds. The number of piperazine rings is 1. The second kappa shape index (κ2) is 8.22. The van der Waals surface area contributed by atoms with Gasteiger partial charge in [-0.25, -0.2) is 8.42 Å². The zero-order valence-corrected chi connectivity index (χ0v) is 16.2. The normalized spacial score (nSPS) is 24.8. The highest BCUT2D eigenvalue weighted by Gasteiger charge is 2.35. The Hall–Kier alpha value is -0.860. The van der Waals surface area contributed by atoms with Crippen molar-refractivity contribution < 1.29 is 13.2 Å². The highest BCUT2D eigenvalue weighted by atomic mass is 35.5. The Morgan fingerprint density at radius 3 is 2.32 bits per heavy atom. The summed E-state index contributed by atoms with van der Waals surface area (Å²) in [4.78, 5) is 14.4. The molecule has 9 heteroatoms. The van der Waals surface area contributed by atoms with Gasteiger partial charge in [-0.2, -0.15) is 4.31 Å².